The van der Waals surface area contributed by atoms with Crippen LogP contribution in [0, 0.1) is 5.92 Å². The van der Waals surface area contributed by atoms with Gasteiger partial charge >= 0.3 is 0 Å². The molecule has 3 atom stereocenters. The second kappa shape index (κ2) is 3.49. The van der Waals surface area contributed by atoms with Crippen LogP contribution in [0.2, 0.25) is 0 Å². The van der Waals surface area contributed by atoms with Gasteiger partial charge < -0.3 is 0 Å². The predicted octanol–water partition coefficient (Wildman–Crippen LogP) is 1.06. The van der Waals surface area contributed by atoms with E-state index in [0.717, 1.165) is 0 Å². The summed E-state index contributed by atoms with van der Waals surface area (Å²) < 4.78 is 13.8. The molecule has 0 spiro atoms. The molecule has 1 saturated carbocycles. The Morgan fingerprint density at radius 2 is 2.20 bits per heavy atom. The Hall–Kier alpha value is 0.110. The number of hydrogen-bond acceptors (Lipinski definition) is 1. The normalized spacial score (nSPS) is 36.2. The lowest BCUT2D eigenvalue weighted by Gasteiger charge is -2.14. The van der Waals surface area contributed by atoms with Gasteiger partial charge in [-0.2, -0.15) is 0 Å². The van der Waals surface area contributed by atoms with Gasteiger partial charge in [0, 0.05) is 12.3 Å². The highest BCUT2D eigenvalue weighted by atomic mass is 32.2. The molecule has 1 aliphatic carbocycles. The summed E-state index contributed by atoms with van der Waals surface area (Å²) >= 11 is 0. The third-order valence-electron chi connectivity index (χ3n) is 2.18. The van der Waals surface area contributed by atoms with Crippen molar-refractivity contribution in [2.24, 2.45) is 5.92 Å². The van der Waals surface area contributed by atoms with Gasteiger partial charge in [-0.15, -0.1) is 0 Å². The first-order chi connectivity index (χ1) is 4.70. The zero-order valence-electron chi connectivity index (χ0n) is 6.59. The van der Waals surface area contributed by atoms with Crippen molar-refractivity contribution in [2.75, 3.05) is 6.26 Å². The highest BCUT2D eigenvalue weighted by molar-refractivity contribution is 7.82. The molecule has 1 fully saturated rings. The Balaban J connectivity index is 2.33. The lowest BCUT2D eigenvalue weighted by molar-refractivity contribution is 0.494. The van der Waals surface area contributed by atoms with Crippen molar-refractivity contribution in [3.05, 3.63) is 0 Å². The molecular formula is C7H15NOS. The topological polar surface area (TPSA) is 29.1 Å². The molecule has 0 aliphatic heterocycles. The average molecular weight is 161 g/mol. The van der Waals surface area contributed by atoms with E-state index >= 15 is 0 Å². The first kappa shape index (κ1) is 8.21. The fraction of sp³-hybridized carbons (Fsp3) is 1.00. The largest absolute Gasteiger partial charge is 0.243 e. The van der Waals surface area contributed by atoms with Gasteiger partial charge in [-0.1, -0.05) is 13.3 Å². The van der Waals surface area contributed by atoms with Gasteiger partial charge in [-0.05, 0) is 18.8 Å². The Bertz CT molecular complexity index is 138. The van der Waals surface area contributed by atoms with Crippen LogP contribution in [0.25, 0.3) is 0 Å². The Labute approximate surface area is 65.0 Å². The molecule has 1 aliphatic rings. The van der Waals surface area contributed by atoms with Gasteiger partial charge in [0.2, 0.25) is 0 Å². The van der Waals surface area contributed by atoms with E-state index in [9.17, 15) is 4.21 Å². The molecule has 2 nitrogen and oxygen atoms in total. The monoisotopic (exact) mass is 161 g/mol. The maximum Gasteiger partial charge on any atom is 0.0886 e. The quantitative estimate of drug-likeness (QED) is 0.644. The summed E-state index contributed by atoms with van der Waals surface area (Å²) in [5, 5.41) is 0. The molecule has 3 unspecified atom stereocenters. The van der Waals surface area contributed by atoms with Gasteiger partial charge in [0.05, 0.1) is 11.0 Å². The fourth-order valence-electron chi connectivity index (χ4n) is 1.53. The van der Waals surface area contributed by atoms with E-state index in [4.69, 9.17) is 0 Å². The minimum Gasteiger partial charge on any atom is -0.243 e. The molecule has 0 aromatic carbocycles. The third-order valence-corrected chi connectivity index (χ3v) is 2.81. The molecule has 3 heteroatoms. The summed E-state index contributed by atoms with van der Waals surface area (Å²) in [4.78, 5) is 0. The van der Waals surface area contributed by atoms with E-state index in [1.165, 1.54) is 19.3 Å². The third kappa shape index (κ3) is 2.06. The van der Waals surface area contributed by atoms with Gasteiger partial charge in [0.25, 0.3) is 0 Å². The van der Waals surface area contributed by atoms with Crippen molar-refractivity contribution in [1.29, 1.82) is 0 Å². The molecule has 0 bridgehead atoms. The van der Waals surface area contributed by atoms with Crippen molar-refractivity contribution in [3.8, 4) is 0 Å². The summed E-state index contributed by atoms with van der Waals surface area (Å²) in [6.45, 7) is 2.22. The zero-order valence-corrected chi connectivity index (χ0v) is 7.41. The van der Waals surface area contributed by atoms with E-state index in [0.29, 0.717) is 12.0 Å². The van der Waals surface area contributed by atoms with Crippen LogP contribution in [0.1, 0.15) is 26.2 Å². The van der Waals surface area contributed by atoms with Crippen molar-refractivity contribution in [3.63, 3.8) is 0 Å². The van der Waals surface area contributed by atoms with Crippen LogP contribution >= 0.6 is 0 Å². The molecular weight excluding hydrogens is 146 g/mol. The van der Waals surface area contributed by atoms with E-state index in [-0.39, 0.29) is 0 Å². The molecule has 10 heavy (non-hydrogen) atoms. The van der Waals surface area contributed by atoms with E-state index in [1.807, 2.05) is 0 Å². The summed E-state index contributed by atoms with van der Waals surface area (Å²) in [6.07, 6.45) is 5.47. The van der Waals surface area contributed by atoms with Crippen LogP contribution in [-0.2, 0) is 11.0 Å². The van der Waals surface area contributed by atoms with Crippen molar-refractivity contribution < 1.29 is 4.21 Å². The van der Waals surface area contributed by atoms with Crippen molar-refractivity contribution in [1.82, 2.24) is 4.72 Å². The molecule has 0 heterocycles. The summed E-state index contributed by atoms with van der Waals surface area (Å²) in [5.41, 5.74) is 0. The maximum absolute atomic E-state index is 10.7. The molecule has 1 rings (SSSR count). The number of nitrogens with one attached hydrogen (secondary N) is 1. The molecule has 1 N–H and O–H groups in total. The smallest absolute Gasteiger partial charge is 0.0886 e. The van der Waals surface area contributed by atoms with Crippen LogP contribution in [0.5, 0.6) is 0 Å². The van der Waals surface area contributed by atoms with Crippen molar-refractivity contribution >= 4 is 11.0 Å². The van der Waals surface area contributed by atoms with Gasteiger partial charge in [-0.3, -0.25) is 0 Å². The average Bonchev–Trinajstić information content (AvgIpc) is 2.15. The summed E-state index contributed by atoms with van der Waals surface area (Å²) in [7, 11) is -0.826. The van der Waals surface area contributed by atoms with Gasteiger partial charge in [-0.25, -0.2) is 8.93 Å². The Morgan fingerprint density at radius 1 is 1.50 bits per heavy atom. The lowest BCUT2D eigenvalue weighted by atomic mass is 10.1. The molecule has 60 valence electrons. The highest BCUT2D eigenvalue weighted by Crippen LogP contribution is 2.24. The number of hydrogen-bond donors (Lipinski definition) is 1. The first-order valence-corrected chi connectivity index (χ1v) is 5.35. The van der Waals surface area contributed by atoms with Gasteiger partial charge in [0.15, 0.2) is 0 Å². The minimum atomic E-state index is -0.826. The second-order valence-electron chi connectivity index (χ2n) is 3.09. The van der Waals surface area contributed by atoms with Gasteiger partial charge in [0.1, 0.15) is 0 Å². The standard InChI is InChI=1S/C7H15NOS/c1-6-4-3-5-7(6)8-10(2)9/h6-8H,3-5H2,1-2H3. The molecule has 0 saturated heterocycles. The molecule has 0 aromatic rings. The predicted molar refractivity (Wildman–Crippen MR) is 44.0 cm³/mol. The van der Waals surface area contributed by atoms with Crippen LogP contribution < -0.4 is 4.72 Å². The molecule has 0 radical (unpaired) electrons. The number of rotatable bonds is 2. The Kier molecular flexibility index (Phi) is 2.86. The first-order valence-electron chi connectivity index (χ1n) is 3.79. The zero-order chi connectivity index (χ0) is 7.56. The van der Waals surface area contributed by atoms with Crippen LogP contribution in [0.15, 0.2) is 0 Å². The lowest BCUT2D eigenvalue weighted by Crippen LogP contribution is -2.31. The van der Waals surface area contributed by atoms with E-state index in [2.05, 4.69) is 11.6 Å². The van der Waals surface area contributed by atoms with E-state index in [1.54, 1.807) is 6.26 Å². The summed E-state index contributed by atoms with van der Waals surface area (Å²) in [6, 6.07) is 0.505. The molecule has 0 amide bonds. The van der Waals surface area contributed by atoms with Crippen LogP contribution in [-0.4, -0.2) is 16.5 Å². The van der Waals surface area contributed by atoms with Crippen LogP contribution in [0.4, 0.5) is 0 Å². The van der Waals surface area contributed by atoms with E-state index < -0.39 is 11.0 Å². The second-order valence-corrected chi connectivity index (χ2v) is 4.23. The molecule has 0 aromatic heterocycles. The fourth-order valence-corrected chi connectivity index (χ4v) is 2.31. The SMILES string of the molecule is CC1CCCC1NS(C)=O. The maximum atomic E-state index is 10.7. The Morgan fingerprint density at radius 3 is 2.60 bits per heavy atom. The minimum absolute atomic E-state index is 0.505. The van der Waals surface area contributed by atoms with Crippen LogP contribution in [0.3, 0.4) is 0 Å². The summed E-state index contributed by atoms with van der Waals surface area (Å²) in [5.74, 6) is 0.712. The highest BCUT2D eigenvalue weighted by Gasteiger charge is 2.23. The van der Waals surface area contributed by atoms with Crippen molar-refractivity contribution in [2.45, 2.75) is 32.2 Å².